The summed E-state index contributed by atoms with van der Waals surface area (Å²) >= 11 is 0. The van der Waals surface area contributed by atoms with E-state index in [9.17, 15) is 5.11 Å². The molecule has 0 saturated heterocycles. The van der Waals surface area contributed by atoms with E-state index < -0.39 is 5.79 Å². The average Bonchev–Trinajstić information content (AvgIpc) is 2.51. The molecule has 19 heavy (non-hydrogen) atoms. The lowest BCUT2D eigenvalue weighted by Crippen LogP contribution is -2.34. The Labute approximate surface area is 113 Å². The number of ether oxygens (including phenoxy) is 2. The predicted molar refractivity (Wildman–Crippen MR) is 74.7 cm³/mol. The Morgan fingerprint density at radius 2 is 1.37 bits per heavy atom. The monoisotopic (exact) mass is 258 g/mol. The number of benzene rings is 2. The first-order chi connectivity index (χ1) is 9.25. The maximum atomic E-state index is 9.47. The van der Waals surface area contributed by atoms with Crippen molar-refractivity contribution in [3.8, 4) is 11.1 Å². The topological polar surface area (TPSA) is 38.7 Å². The Hall–Kier alpha value is -1.68. The molecule has 0 aliphatic carbocycles. The second-order valence-electron chi connectivity index (χ2n) is 4.26. The van der Waals surface area contributed by atoms with Crippen LogP contribution in [0.3, 0.4) is 0 Å². The van der Waals surface area contributed by atoms with Gasteiger partial charge in [0.2, 0.25) is 5.79 Å². The van der Waals surface area contributed by atoms with Crippen LogP contribution in [0.25, 0.3) is 11.1 Å². The molecule has 0 aliphatic heterocycles. The maximum Gasteiger partial charge on any atom is 0.218 e. The first kappa shape index (κ1) is 13.7. The zero-order chi connectivity index (χ0) is 13.7. The number of hydrogen-bond donors (Lipinski definition) is 1. The summed E-state index contributed by atoms with van der Waals surface area (Å²) in [4.78, 5) is 0. The van der Waals surface area contributed by atoms with Crippen LogP contribution in [0.15, 0.2) is 54.6 Å². The van der Waals surface area contributed by atoms with Gasteiger partial charge in [-0.1, -0.05) is 54.6 Å². The van der Waals surface area contributed by atoms with Crippen molar-refractivity contribution in [3.05, 3.63) is 60.2 Å². The van der Waals surface area contributed by atoms with Crippen LogP contribution in [0.2, 0.25) is 0 Å². The van der Waals surface area contributed by atoms with Crippen LogP contribution in [0, 0.1) is 0 Å². The number of aliphatic hydroxyl groups is 1. The fourth-order valence-corrected chi connectivity index (χ4v) is 2.09. The summed E-state index contributed by atoms with van der Waals surface area (Å²) in [6, 6.07) is 17.9. The standard InChI is InChI=1S/C16H18O3/c1-18-16(12-17,19-2)15-10-8-14(9-11-15)13-6-4-3-5-7-13/h3-11,17H,12H2,1-2H3. The van der Waals surface area contributed by atoms with Crippen LogP contribution >= 0.6 is 0 Å². The van der Waals surface area contributed by atoms with Crippen LogP contribution in [0.1, 0.15) is 5.56 Å². The number of hydrogen-bond acceptors (Lipinski definition) is 3. The zero-order valence-corrected chi connectivity index (χ0v) is 11.2. The zero-order valence-electron chi connectivity index (χ0n) is 11.2. The molecular weight excluding hydrogens is 240 g/mol. The third-order valence-corrected chi connectivity index (χ3v) is 3.30. The van der Waals surface area contributed by atoms with Crippen molar-refractivity contribution < 1.29 is 14.6 Å². The number of rotatable bonds is 5. The second-order valence-corrected chi connectivity index (χ2v) is 4.26. The highest BCUT2D eigenvalue weighted by Crippen LogP contribution is 2.28. The van der Waals surface area contributed by atoms with Gasteiger partial charge in [-0.05, 0) is 11.1 Å². The van der Waals surface area contributed by atoms with Crippen molar-refractivity contribution in [1.82, 2.24) is 0 Å². The Kier molecular flexibility index (Phi) is 4.32. The van der Waals surface area contributed by atoms with E-state index in [4.69, 9.17) is 9.47 Å². The fraction of sp³-hybridized carbons (Fsp3) is 0.250. The molecule has 3 heteroatoms. The SMILES string of the molecule is COC(CO)(OC)c1ccc(-c2ccccc2)cc1. The quantitative estimate of drug-likeness (QED) is 0.838. The van der Waals surface area contributed by atoms with Crippen LogP contribution in [-0.2, 0) is 15.3 Å². The fourth-order valence-electron chi connectivity index (χ4n) is 2.09. The molecule has 3 nitrogen and oxygen atoms in total. The lowest BCUT2D eigenvalue weighted by Gasteiger charge is -2.29. The van der Waals surface area contributed by atoms with Crippen LogP contribution in [0.4, 0.5) is 0 Å². The van der Waals surface area contributed by atoms with Gasteiger partial charge in [-0.15, -0.1) is 0 Å². The highest BCUT2D eigenvalue weighted by Gasteiger charge is 2.31. The van der Waals surface area contributed by atoms with Gasteiger partial charge >= 0.3 is 0 Å². The summed E-state index contributed by atoms with van der Waals surface area (Å²) in [6.45, 7) is -0.231. The molecule has 2 aromatic carbocycles. The van der Waals surface area contributed by atoms with Crippen LogP contribution in [-0.4, -0.2) is 25.9 Å². The summed E-state index contributed by atoms with van der Waals surface area (Å²) < 4.78 is 10.6. The Morgan fingerprint density at radius 1 is 0.842 bits per heavy atom. The maximum absolute atomic E-state index is 9.47. The van der Waals surface area contributed by atoms with E-state index in [-0.39, 0.29) is 6.61 Å². The van der Waals surface area contributed by atoms with Crippen LogP contribution in [0.5, 0.6) is 0 Å². The van der Waals surface area contributed by atoms with E-state index in [0.29, 0.717) is 0 Å². The minimum absolute atomic E-state index is 0.231. The summed E-state index contributed by atoms with van der Waals surface area (Å²) in [7, 11) is 3.04. The van der Waals surface area contributed by atoms with E-state index in [0.717, 1.165) is 16.7 Å². The molecular formula is C16H18O3. The Balaban J connectivity index is 2.33. The summed E-state index contributed by atoms with van der Waals surface area (Å²) in [6.07, 6.45) is 0. The predicted octanol–water partition coefficient (Wildman–Crippen LogP) is 2.79. The molecule has 2 rings (SSSR count). The molecule has 0 unspecified atom stereocenters. The van der Waals surface area contributed by atoms with Crippen molar-refractivity contribution >= 4 is 0 Å². The third-order valence-electron chi connectivity index (χ3n) is 3.30. The summed E-state index contributed by atoms with van der Waals surface area (Å²) in [5, 5.41) is 9.47. The molecule has 0 saturated carbocycles. The van der Waals surface area contributed by atoms with Crippen LogP contribution < -0.4 is 0 Å². The van der Waals surface area contributed by atoms with Crippen molar-refractivity contribution in [2.24, 2.45) is 0 Å². The van der Waals surface area contributed by atoms with Gasteiger partial charge < -0.3 is 14.6 Å². The third kappa shape index (κ3) is 2.68. The second kappa shape index (κ2) is 5.97. The minimum Gasteiger partial charge on any atom is -0.390 e. The van der Waals surface area contributed by atoms with Gasteiger partial charge in [0.1, 0.15) is 6.61 Å². The molecule has 2 aromatic rings. The molecule has 0 spiro atoms. The van der Waals surface area contributed by atoms with E-state index >= 15 is 0 Å². The van der Waals surface area contributed by atoms with E-state index in [1.165, 1.54) is 14.2 Å². The van der Waals surface area contributed by atoms with Crippen molar-refractivity contribution in [3.63, 3.8) is 0 Å². The van der Waals surface area contributed by atoms with E-state index in [1.807, 2.05) is 42.5 Å². The van der Waals surface area contributed by atoms with Gasteiger partial charge in [-0.25, -0.2) is 0 Å². The molecule has 0 atom stereocenters. The average molecular weight is 258 g/mol. The molecule has 0 heterocycles. The highest BCUT2D eigenvalue weighted by atomic mass is 16.7. The molecule has 1 N–H and O–H groups in total. The van der Waals surface area contributed by atoms with Gasteiger partial charge in [0.15, 0.2) is 0 Å². The summed E-state index contributed by atoms with van der Waals surface area (Å²) in [5.41, 5.74) is 3.06. The highest BCUT2D eigenvalue weighted by molar-refractivity contribution is 5.63. The minimum atomic E-state index is -1.09. The smallest absolute Gasteiger partial charge is 0.218 e. The van der Waals surface area contributed by atoms with Gasteiger partial charge in [-0.2, -0.15) is 0 Å². The largest absolute Gasteiger partial charge is 0.390 e. The number of aliphatic hydroxyl groups excluding tert-OH is 1. The first-order valence-corrected chi connectivity index (χ1v) is 6.13. The normalized spacial score (nSPS) is 11.5. The Morgan fingerprint density at radius 3 is 1.84 bits per heavy atom. The van der Waals surface area contributed by atoms with Gasteiger partial charge in [-0.3, -0.25) is 0 Å². The molecule has 0 fully saturated rings. The first-order valence-electron chi connectivity index (χ1n) is 6.13. The molecule has 0 radical (unpaired) electrons. The lowest BCUT2D eigenvalue weighted by molar-refractivity contribution is -0.236. The summed E-state index contributed by atoms with van der Waals surface area (Å²) in [5.74, 6) is -1.09. The molecule has 0 aliphatic rings. The molecule has 0 bridgehead atoms. The number of methoxy groups -OCH3 is 2. The van der Waals surface area contributed by atoms with Gasteiger partial charge in [0, 0.05) is 19.8 Å². The lowest BCUT2D eigenvalue weighted by atomic mass is 10.0. The molecule has 0 aromatic heterocycles. The van der Waals surface area contributed by atoms with E-state index in [1.54, 1.807) is 0 Å². The Bertz CT molecular complexity index is 493. The molecule has 100 valence electrons. The van der Waals surface area contributed by atoms with Crippen molar-refractivity contribution in [2.45, 2.75) is 5.79 Å². The van der Waals surface area contributed by atoms with Gasteiger partial charge in [0.25, 0.3) is 0 Å². The van der Waals surface area contributed by atoms with E-state index in [2.05, 4.69) is 12.1 Å². The van der Waals surface area contributed by atoms with Crippen molar-refractivity contribution in [2.75, 3.05) is 20.8 Å². The molecule has 0 amide bonds. The van der Waals surface area contributed by atoms with Crippen molar-refractivity contribution in [1.29, 1.82) is 0 Å². The van der Waals surface area contributed by atoms with Gasteiger partial charge in [0.05, 0.1) is 0 Å².